The van der Waals surface area contributed by atoms with Gasteiger partial charge < -0.3 is 10.4 Å². The van der Waals surface area contributed by atoms with Crippen molar-refractivity contribution in [3.63, 3.8) is 0 Å². The highest BCUT2D eigenvalue weighted by atomic mass is 16.4. The molecule has 39 heavy (non-hydrogen) atoms. The van der Waals surface area contributed by atoms with Crippen LogP contribution in [-0.4, -0.2) is 33.3 Å². The second-order valence-electron chi connectivity index (χ2n) is 11.2. The summed E-state index contributed by atoms with van der Waals surface area (Å²) in [7, 11) is 0. The maximum Gasteiger partial charge on any atom is 0.309 e. The summed E-state index contributed by atoms with van der Waals surface area (Å²) in [6.45, 7) is 0.931. The second-order valence-corrected chi connectivity index (χ2v) is 11.2. The van der Waals surface area contributed by atoms with E-state index in [9.17, 15) is 19.5 Å². The molecule has 2 aromatic carbocycles. The molecule has 1 atom stereocenters. The zero-order valence-electron chi connectivity index (χ0n) is 22.4. The summed E-state index contributed by atoms with van der Waals surface area (Å²) in [5, 5.41) is 17.1. The summed E-state index contributed by atoms with van der Waals surface area (Å²) in [6.07, 6.45) is 8.24. The Labute approximate surface area is 229 Å². The topological polar surface area (TPSA) is 101 Å². The molecule has 2 saturated carbocycles. The number of unbranched alkanes of at least 4 members (excludes halogenated alkanes) is 1. The van der Waals surface area contributed by atoms with E-state index in [-0.39, 0.29) is 17.4 Å². The van der Waals surface area contributed by atoms with Crippen molar-refractivity contribution >= 4 is 11.9 Å². The van der Waals surface area contributed by atoms with E-state index >= 15 is 0 Å². The van der Waals surface area contributed by atoms with Crippen LogP contribution in [0.5, 0.6) is 0 Å². The second kappa shape index (κ2) is 12.0. The number of rotatable bonds is 12. The number of carboxylic acid groups (broad SMARTS) is 1. The van der Waals surface area contributed by atoms with Gasteiger partial charge in [-0.3, -0.25) is 14.4 Å². The lowest BCUT2D eigenvalue weighted by atomic mass is 9.83. The largest absolute Gasteiger partial charge is 0.481 e. The number of hydrogen-bond acceptors (Lipinski definition) is 4. The lowest BCUT2D eigenvalue weighted by Gasteiger charge is -2.23. The molecule has 0 aliphatic heterocycles. The molecule has 0 radical (unpaired) electrons. The molecule has 1 heterocycles. The molecule has 5 rings (SSSR count). The van der Waals surface area contributed by atoms with Crippen LogP contribution in [0.4, 0.5) is 0 Å². The van der Waals surface area contributed by atoms with Crippen molar-refractivity contribution < 1.29 is 14.7 Å². The smallest absolute Gasteiger partial charge is 0.309 e. The van der Waals surface area contributed by atoms with E-state index < -0.39 is 11.4 Å². The number of carbonyl (C=O) groups excluding carboxylic acids is 1. The molecule has 1 unspecified atom stereocenters. The Hall–Kier alpha value is -3.74. The third-order valence-corrected chi connectivity index (χ3v) is 8.45. The van der Waals surface area contributed by atoms with Crippen molar-refractivity contribution in [1.29, 1.82) is 0 Å². The van der Waals surface area contributed by atoms with Gasteiger partial charge in [-0.2, -0.15) is 5.10 Å². The molecular weight excluding hydrogens is 490 g/mol. The van der Waals surface area contributed by atoms with Crippen molar-refractivity contribution in [1.82, 2.24) is 15.1 Å². The van der Waals surface area contributed by atoms with Crippen LogP contribution in [0.15, 0.2) is 71.5 Å². The maximum absolute atomic E-state index is 13.3. The van der Waals surface area contributed by atoms with E-state index in [2.05, 4.69) is 10.4 Å². The summed E-state index contributed by atoms with van der Waals surface area (Å²) in [6, 6.07) is 21.1. The molecule has 1 amide bonds. The first-order chi connectivity index (χ1) is 18.9. The number of carbonyl (C=O) groups is 2. The van der Waals surface area contributed by atoms with E-state index in [4.69, 9.17) is 0 Å². The van der Waals surface area contributed by atoms with E-state index in [0.29, 0.717) is 25.4 Å². The molecule has 0 saturated heterocycles. The van der Waals surface area contributed by atoms with Crippen LogP contribution < -0.4 is 10.9 Å². The van der Waals surface area contributed by atoms with Crippen LogP contribution in [-0.2, 0) is 16.1 Å². The number of nitrogens with zero attached hydrogens (tertiary/aromatic N) is 2. The number of benzene rings is 2. The van der Waals surface area contributed by atoms with Gasteiger partial charge in [0, 0.05) is 18.2 Å². The highest BCUT2D eigenvalue weighted by Gasteiger charge is 2.49. The van der Waals surface area contributed by atoms with Crippen molar-refractivity contribution in [3.05, 3.63) is 88.2 Å². The van der Waals surface area contributed by atoms with E-state index in [0.717, 1.165) is 73.8 Å². The predicted molar refractivity (Wildman–Crippen MR) is 150 cm³/mol. The summed E-state index contributed by atoms with van der Waals surface area (Å²) in [5.41, 5.74) is 3.02. The number of carboxylic acids is 1. The fourth-order valence-corrected chi connectivity index (χ4v) is 5.89. The molecule has 0 spiro atoms. The van der Waals surface area contributed by atoms with E-state index in [1.807, 2.05) is 54.6 Å². The monoisotopic (exact) mass is 527 g/mol. The zero-order valence-corrected chi connectivity index (χ0v) is 22.4. The first-order valence-electron chi connectivity index (χ1n) is 14.2. The highest BCUT2D eigenvalue weighted by molar-refractivity contribution is 5.84. The van der Waals surface area contributed by atoms with Gasteiger partial charge in [-0.25, -0.2) is 4.68 Å². The first-order valence-corrected chi connectivity index (χ1v) is 14.2. The van der Waals surface area contributed by atoms with Crippen LogP contribution in [0.3, 0.4) is 0 Å². The predicted octanol–water partition coefficient (Wildman–Crippen LogP) is 5.38. The third-order valence-electron chi connectivity index (χ3n) is 8.45. The van der Waals surface area contributed by atoms with E-state index in [1.54, 1.807) is 12.1 Å². The molecule has 2 aliphatic carbocycles. The standard InChI is InChI=1S/C32H37N3O4/c36-28-17-16-27(24-8-2-1-3-9-24)34-35(28)22-23-12-14-26(15-13-23)29(25-10-4-5-11-25)30(37)33-21-7-6-18-32(19-20-32)31(38)39/h1-3,8-9,12-17,25,29H,4-7,10-11,18-22H2,(H,33,37)(H,38,39). The summed E-state index contributed by atoms with van der Waals surface area (Å²) < 4.78 is 1.48. The first kappa shape index (κ1) is 26.9. The molecule has 2 N–H and O–H groups in total. The van der Waals surface area contributed by atoms with Gasteiger partial charge >= 0.3 is 5.97 Å². The number of aliphatic carboxylic acids is 1. The molecule has 2 aliphatic rings. The van der Waals surface area contributed by atoms with Gasteiger partial charge in [0.1, 0.15) is 0 Å². The number of nitrogens with one attached hydrogen (secondary N) is 1. The van der Waals surface area contributed by atoms with Crippen molar-refractivity contribution in [3.8, 4) is 11.3 Å². The Morgan fingerprint density at radius 2 is 1.69 bits per heavy atom. The summed E-state index contributed by atoms with van der Waals surface area (Å²) in [5.74, 6) is -0.495. The Bertz CT molecular complexity index is 1340. The molecule has 204 valence electrons. The SMILES string of the molecule is O=C(NCCCCC1(C(=O)O)CC1)C(c1ccc(Cn2nc(-c3ccccc3)ccc2=O)cc1)C1CCCC1. The van der Waals surface area contributed by atoms with Crippen LogP contribution in [0.2, 0.25) is 0 Å². The Morgan fingerprint density at radius 3 is 2.36 bits per heavy atom. The van der Waals surface area contributed by atoms with Crippen LogP contribution in [0.25, 0.3) is 11.3 Å². The minimum atomic E-state index is -0.680. The molecule has 0 bridgehead atoms. The fourth-order valence-electron chi connectivity index (χ4n) is 5.89. The fraction of sp³-hybridized carbons (Fsp3) is 0.438. The van der Waals surface area contributed by atoms with Crippen molar-refractivity contribution in [2.45, 2.75) is 70.3 Å². The van der Waals surface area contributed by atoms with Gasteiger partial charge in [0.2, 0.25) is 5.91 Å². The average Bonchev–Trinajstić information content (AvgIpc) is 3.56. The Morgan fingerprint density at radius 1 is 0.974 bits per heavy atom. The van der Waals surface area contributed by atoms with Gasteiger partial charge in [-0.1, -0.05) is 73.9 Å². The van der Waals surface area contributed by atoms with Gasteiger partial charge in [0.15, 0.2) is 0 Å². The van der Waals surface area contributed by atoms with Crippen molar-refractivity contribution in [2.24, 2.45) is 11.3 Å². The van der Waals surface area contributed by atoms with Gasteiger partial charge in [0.05, 0.1) is 23.6 Å². The molecule has 3 aromatic rings. The quantitative estimate of drug-likeness (QED) is 0.308. The van der Waals surface area contributed by atoms with Crippen LogP contribution in [0.1, 0.15) is 74.8 Å². The lowest BCUT2D eigenvalue weighted by Crippen LogP contribution is -2.33. The molecule has 2 fully saturated rings. The minimum Gasteiger partial charge on any atom is -0.481 e. The average molecular weight is 528 g/mol. The Kier molecular flexibility index (Phi) is 8.24. The molecule has 1 aromatic heterocycles. The van der Waals surface area contributed by atoms with Crippen LogP contribution in [0, 0.1) is 11.3 Å². The maximum atomic E-state index is 13.3. The molecule has 7 heteroatoms. The number of hydrogen-bond donors (Lipinski definition) is 2. The molecular formula is C32H37N3O4. The Balaban J connectivity index is 1.22. The number of amides is 1. The normalized spacial score (nSPS) is 17.0. The number of aromatic nitrogens is 2. The van der Waals surface area contributed by atoms with Gasteiger partial charge in [0.25, 0.3) is 5.56 Å². The van der Waals surface area contributed by atoms with Gasteiger partial charge in [-0.05, 0) is 61.6 Å². The van der Waals surface area contributed by atoms with Crippen molar-refractivity contribution in [2.75, 3.05) is 6.54 Å². The zero-order chi connectivity index (χ0) is 27.2. The highest BCUT2D eigenvalue weighted by Crippen LogP contribution is 2.50. The molecule has 7 nitrogen and oxygen atoms in total. The lowest BCUT2D eigenvalue weighted by molar-refractivity contribution is -0.143. The summed E-state index contributed by atoms with van der Waals surface area (Å²) in [4.78, 5) is 37.2. The third kappa shape index (κ3) is 6.47. The summed E-state index contributed by atoms with van der Waals surface area (Å²) >= 11 is 0. The van der Waals surface area contributed by atoms with Gasteiger partial charge in [-0.15, -0.1) is 0 Å². The minimum absolute atomic E-state index is 0.0578. The van der Waals surface area contributed by atoms with Crippen LogP contribution >= 0.6 is 0 Å². The van der Waals surface area contributed by atoms with E-state index in [1.165, 1.54) is 4.68 Å².